The molecule has 0 saturated heterocycles. The summed E-state index contributed by atoms with van der Waals surface area (Å²) in [7, 11) is 1.59. The van der Waals surface area contributed by atoms with Gasteiger partial charge in [0.05, 0.1) is 12.2 Å². The van der Waals surface area contributed by atoms with Crippen LogP contribution in [-0.4, -0.2) is 37.3 Å². The normalized spacial score (nSPS) is 16.5. The molecule has 112 valence electrons. The van der Waals surface area contributed by atoms with E-state index in [4.69, 9.17) is 17.0 Å². The predicted octanol–water partition coefficient (Wildman–Crippen LogP) is 1.45. The lowest BCUT2D eigenvalue weighted by atomic mass is 10.2. The van der Waals surface area contributed by atoms with Crippen molar-refractivity contribution in [3.8, 4) is 5.75 Å². The van der Waals surface area contributed by atoms with Gasteiger partial charge in [0, 0.05) is 13.6 Å². The Morgan fingerprint density at radius 3 is 2.90 bits per heavy atom. The number of rotatable bonds is 3. The van der Waals surface area contributed by atoms with Gasteiger partial charge < -0.3 is 20.3 Å². The number of carbonyl (C=O) groups excluding carboxylic acids is 1. The first-order valence-corrected chi connectivity index (χ1v) is 7.10. The number of amides is 1. The molecule has 1 amide bonds. The summed E-state index contributed by atoms with van der Waals surface area (Å²) in [6.07, 6.45) is -0.588. The monoisotopic (exact) mass is 305 g/mol. The third kappa shape index (κ3) is 3.52. The van der Waals surface area contributed by atoms with Crippen molar-refractivity contribution < 1.29 is 9.53 Å². The van der Waals surface area contributed by atoms with Gasteiger partial charge in [-0.2, -0.15) is 0 Å². The smallest absolute Gasteiger partial charge is 0.262 e. The number of hydrogen-bond donors (Lipinski definition) is 2. The van der Waals surface area contributed by atoms with Gasteiger partial charge in [0.25, 0.3) is 5.91 Å². The van der Waals surface area contributed by atoms with E-state index in [9.17, 15) is 4.79 Å². The lowest BCUT2D eigenvalue weighted by Crippen LogP contribution is -2.52. The third-order valence-electron chi connectivity index (χ3n) is 3.10. The van der Waals surface area contributed by atoms with E-state index in [1.54, 1.807) is 7.05 Å². The quantitative estimate of drug-likeness (QED) is 0.654. The Balaban J connectivity index is 2.24. The molecular weight excluding hydrogens is 286 g/mol. The second kappa shape index (κ2) is 6.58. The molecule has 1 heterocycles. The Morgan fingerprint density at radius 2 is 2.24 bits per heavy atom. The van der Waals surface area contributed by atoms with E-state index >= 15 is 0 Å². The van der Waals surface area contributed by atoms with Crippen LogP contribution in [-0.2, 0) is 4.79 Å². The number of nitrogens with one attached hydrogen (secondary N) is 2. The number of fused-ring (bicyclic) bond motifs is 1. The van der Waals surface area contributed by atoms with E-state index < -0.39 is 6.10 Å². The van der Waals surface area contributed by atoms with Gasteiger partial charge in [-0.3, -0.25) is 4.79 Å². The standard InChI is InChI=1S/C15H19N3O2S/c1-10(2)8-17-15(21)18-9-13(14(19)16-3)20-12-7-5-4-6-11(12)18/h4-7,13H,1,8-9H2,2-3H3,(H,16,19)(H,17,21)/t13-/m1/s1. The molecule has 0 saturated carbocycles. The van der Waals surface area contributed by atoms with E-state index in [1.165, 1.54) is 0 Å². The average Bonchev–Trinajstić information content (AvgIpc) is 2.50. The number of para-hydroxylation sites is 2. The van der Waals surface area contributed by atoms with Gasteiger partial charge in [-0.25, -0.2) is 0 Å². The number of hydrogen-bond acceptors (Lipinski definition) is 3. The van der Waals surface area contributed by atoms with Crippen LogP contribution in [0.5, 0.6) is 5.75 Å². The molecule has 21 heavy (non-hydrogen) atoms. The molecule has 1 aliphatic rings. The zero-order valence-corrected chi connectivity index (χ0v) is 13.0. The minimum atomic E-state index is -0.588. The maximum atomic E-state index is 11.9. The second-order valence-electron chi connectivity index (χ2n) is 4.91. The first-order chi connectivity index (χ1) is 10.0. The van der Waals surface area contributed by atoms with E-state index in [1.807, 2.05) is 36.1 Å². The lowest BCUT2D eigenvalue weighted by Gasteiger charge is -2.35. The molecule has 1 aromatic rings. The molecule has 6 heteroatoms. The Labute approximate surface area is 130 Å². The summed E-state index contributed by atoms with van der Waals surface area (Å²) < 4.78 is 5.73. The molecule has 0 spiro atoms. The molecule has 1 aromatic carbocycles. The molecule has 0 radical (unpaired) electrons. The maximum Gasteiger partial charge on any atom is 0.262 e. The van der Waals surface area contributed by atoms with Crippen molar-refractivity contribution in [2.45, 2.75) is 13.0 Å². The molecule has 0 fully saturated rings. The molecule has 5 nitrogen and oxygen atoms in total. The first-order valence-electron chi connectivity index (χ1n) is 6.70. The number of carbonyl (C=O) groups is 1. The maximum absolute atomic E-state index is 11.9. The number of anilines is 1. The number of benzene rings is 1. The van der Waals surface area contributed by atoms with Crippen molar-refractivity contribution >= 4 is 28.9 Å². The van der Waals surface area contributed by atoms with E-state index in [2.05, 4.69) is 17.2 Å². The summed E-state index contributed by atoms with van der Waals surface area (Å²) in [6.45, 7) is 6.74. The number of likely N-dealkylation sites (N-methyl/N-ethyl adjacent to an activating group) is 1. The number of ether oxygens (including phenoxy) is 1. The summed E-state index contributed by atoms with van der Waals surface area (Å²) in [6, 6.07) is 7.54. The zero-order chi connectivity index (χ0) is 15.4. The fourth-order valence-electron chi connectivity index (χ4n) is 2.05. The van der Waals surface area contributed by atoms with Gasteiger partial charge in [0.1, 0.15) is 5.75 Å². The van der Waals surface area contributed by atoms with Crippen LogP contribution in [0.2, 0.25) is 0 Å². The van der Waals surface area contributed by atoms with Crippen molar-refractivity contribution in [3.05, 3.63) is 36.4 Å². The van der Waals surface area contributed by atoms with Crippen molar-refractivity contribution in [1.82, 2.24) is 10.6 Å². The SMILES string of the molecule is C=C(C)CNC(=S)N1C[C@H](C(=O)NC)Oc2ccccc21. The van der Waals surface area contributed by atoms with Gasteiger partial charge in [-0.15, -0.1) is 0 Å². The first kappa shape index (κ1) is 15.3. The molecule has 0 bridgehead atoms. The summed E-state index contributed by atoms with van der Waals surface area (Å²) >= 11 is 5.43. The molecular formula is C15H19N3O2S. The highest BCUT2D eigenvalue weighted by atomic mass is 32.1. The van der Waals surface area contributed by atoms with Gasteiger partial charge in [0.2, 0.25) is 0 Å². The molecule has 0 unspecified atom stereocenters. The van der Waals surface area contributed by atoms with Crippen LogP contribution in [0.1, 0.15) is 6.92 Å². The topological polar surface area (TPSA) is 53.6 Å². The van der Waals surface area contributed by atoms with E-state index in [0.29, 0.717) is 24.0 Å². The average molecular weight is 305 g/mol. The largest absolute Gasteiger partial charge is 0.477 e. The van der Waals surface area contributed by atoms with Crippen molar-refractivity contribution in [2.75, 3.05) is 25.0 Å². The van der Waals surface area contributed by atoms with Gasteiger partial charge in [0.15, 0.2) is 11.2 Å². The van der Waals surface area contributed by atoms with Gasteiger partial charge in [-0.05, 0) is 31.3 Å². The van der Waals surface area contributed by atoms with Crippen molar-refractivity contribution in [3.63, 3.8) is 0 Å². The highest BCUT2D eigenvalue weighted by Crippen LogP contribution is 2.33. The summed E-state index contributed by atoms with van der Waals surface area (Å²) in [5, 5.41) is 6.31. The zero-order valence-electron chi connectivity index (χ0n) is 12.2. The fourth-order valence-corrected chi connectivity index (χ4v) is 2.29. The summed E-state index contributed by atoms with van der Waals surface area (Å²) in [5.74, 6) is 0.481. The van der Waals surface area contributed by atoms with Crippen LogP contribution in [0.25, 0.3) is 0 Å². The van der Waals surface area contributed by atoms with Crippen LogP contribution >= 0.6 is 12.2 Å². The minimum absolute atomic E-state index is 0.169. The van der Waals surface area contributed by atoms with Crippen LogP contribution in [0.3, 0.4) is 0 Å². The van der Waals surface area contributed by atoms with E-state index in [0.717, 1.165) is 11.3 Å². The lowest BCUT2D eigenvalue weighted by molar-refractivity contribution is -0.127. The van der Waals surface area contributed by atoms with Gasteiger partial charge >= 0.3 is 0 Å². The number of nitrogens with zero attached hydrogens (tertiary/aromatic N) is 1. The Morgan fingerprint density at radius 1 is 1.52 bits per heavy atom. The summed E-state index contributed by atoms with van der Waals surface area (Å²) in [4.78, 5) is 13.8. The molecule has 2 N–H and O–H groups in total. The van der Waals surface area contributed by atoms with Crippen molar-refractivity contribution in [2.24, 2.45) is 0 Å². The number of thiocarbonyl (C=S) groups is 1. The molecule has 0 aliphatic carbocycles. The van der Waals surface area contributed by atoms with Crippen LogP contribution in [0.4, 0.5) is 5.69 Å². The van der Waals surface area contributed by atoms with Crippen LogP contribution in [0, 0.1) is 0 Å². The van der Waals surface area contributed by atoms with Crippen molar-refractivity contribution in [1.29, 1.82) is 0 Å². The fraction of sp³-hybridized carbons (Fsp3) is 0.333. The highest BCUT2D eigenvalue weighted by Gasteiger charge is 2.31. The highest BCUT2D eigenvalue weighted by molar-refractivity contribution is 7.80. The molecule has 0 aromatic heterocycles. The van der Waals surface area contributed by atoms with Crippen LogP contribution in [0.15, 0.2) is 36.4 Å². The molecule has 1 aliphatic heterocycles. The van der Waals surface area contributed by atoms with Gasteiger partial charge in [-0.1, -0.05) is 24.3 Å². The predicted molar refractivity (Wildman–Crippen MR) is 87.7 cm³/mol. The van der Waals surface area contributed by atoms with E-state index in [-0.39, 0.29) is 5.91 Å². The second-order valence-corrected chi connectivity index (χ2v) is 5.30. The van der Waals surface area contributed by atoms with Crippen LogP contribution < -0.4 is 20.3 Å². The summed E-state index contributed by atoms with van der Waals surface area (Å²) in [5.41, 5.74) is 1.85. The minimum Gasteiger partial charge on any atom is -0.477 e. The Hall–Kier alpha value is -2.08. The Kier molecular flexibility index (Phi) is 4.80. The third-order valence-corrected chi connectivity index (χ3v) is 3.46. The Bertz CT molecular complexity index is 574. The molecule has 1 atom stereocenters. The molecule has 2 rings (SSSR count).